The number of aliphatic hydroxyl groups excluding tert-OH is 2. The van der Waals surface area contributed by atoms with E-state index in [1.165, 1.54) is 0 Å². The summed E-state index contributed by atoms with van der Waals surface area (Å²) in [4.78, 5) is 22.4. The standard InChI is InChI=1S/C13H19N5O3/c1-2-8(20)9-6(4-19)3-7(9)18-5-15-10-11(18)16-13(14)17-12(10)21/h5-9,19-20H,2-4H2,1H3,(H3,14,16,17,21). The number of imidazole rings is 1. The van der Waals surface area contributed by atoms with Gasteiger partial charge < -0.3 is 20.5 Å². The first-order chi connectivity index (χ1) is 10.1. The average molecular weight is 293 g/mol. The number of nitrogens with zero attached hydrogens (tertiary/aromatic N) is 3. The minimum absolute atomic E-state index is 0.0317. The predicted octanol–water partition coefficient (Wildman–Crippen LogP) is -0.358. The summed E-state index contributed by atoms with van der Waals surface area (Å²) in [5.41, 5.74) is 5.88. The highest BCUT2D eigenvalue weighted by Crippen LogP contribution is 2.47. The summed E-state index contributed by atoms with van der Waals surface area (Å²) in [6.07, 6.45) is 2.39. The van der Waals surface area contributed by atoms with Gasteiger partial charge in [0.15, 0.2) is 11.2 Å². The molecule has 1 fully saturated rings. The molecule has 1 saturated carbocycles. The van der Waals surface area contributed by atoms with Gasteiger partial charge >= 0.3 is 0 Å². The Morgan fingerprint density at radius 3 is 3.05 bits per heavy atom. The van der Waals surface area contributed by atoms with Crippen LogP contribution >= 0.6 is 0 Å². The molecule has 5 N–H and O–H groups in total. The van der Waals surface area contributed by atoms with Crippen molar-refractivity contribution in [2.45, 2.75) is 31.9 Å². The van der Waals surface area contributed by atoms with Crippen LogP contribution in [-0.4, -0.2) is 42.4 Å². The van der Waals surface area contributed by atoms with E-state index in [0.717, 1.165) is 6.42 Å². The fourth-order valence-corrected chi connectivity index (χ4v) is 3.27. The maximum atomic E-state index is 11.8. The molecule has 2 aromatic rings. The van der Waals surface area contributed by atoms with E-state index in [-0.39, 0.29) is 41.5 Å². The van der Waals surface area contributed by atoms with Crippen LogP contribution in [0.2, 0.25) is 0 Å². The van der Waals surface area contributed by atoms with Gasteiger partial charge in [-0.15, -0.1) is 0 Å². The first-order valence-corrected chi connectivity index (χ1v) is 7.08. The van der Waals surface area contributed by atoms with Crippen molar-refractivity contribution in [2.75, 3.05) is 12.3 Å². The number of hydrogen-bond acceptors (Lipinski definition) is 6. The zero-order valence-electron chi connectivity index (χ0n) is 11.7. The van der Waals surface area contributed by atoms with E-state index in [0.29, 0.717) is 12.1 Å². The van der Waals surface area contributed by atoms with Crippen molar-refractivity contribution < 1.29 is 10.2 Å². The van der Waals surface area contributed by atoms with Crippen LogP contribution in [0.3, 0.4) is 0 Å². The van der Waals surface area contributed by atoms with Crippen molar-refractivity contribution in [2.24, 2.45) is 11.8 Å². The summed E-state index contributed by atoms with van der Waals surface area (Å²) in [5.74, 6) is 0.0290. The van der Waals surface area contributed by atoms with E-state index >= 15 is 0 Å². The first-order valence-electron chi connectivity index (χ1n) is 7.08. The van der Waals surface area contributed by atoms with Gasteiger partial charge in [0.05, 0.1) is 12.4 Å². The van der Waals surface area contributed by atoms with Gasteiger partial charge in [0.2, 0.25) is 5.95 Å². The number of hydrogen-bond donors (Lipinski definition) is 4. The summed E-state index contributed by atoms with van der Waals surface area (Å²) in [6, 6.07) is -0.0317. The molecule has 1 aliphatic rings. The van der Waals surface area contributed by atoms with Crippen LogP contribution in [-0.2, 0) is 0 Å². The maximum Gasteiger partial charge on any atom is 0.280 e. The number of aromatic amines is 1. The Hall–Kier alpha value is -1.93. The highest BCUT2D eigenvalue weighted by Gasteiger charge is 2.45. The first kappa shape index (κ1) is 14.0. The topological polar surface area (TPSA) is 130 Å². The summed E-state index contributed by atoms with van der Waals surface area (Å²) in [5, 5.41) is 19.6. The molecule has 0 bridgehead atoms. The second-order valence-corrected chi connectivity index (χ2v) is 5.57. The Morgan fingerprint density at radius 1 is 1.62 bits per heavy atom. The second kappa shape index (κ2) is 5.12. The van der Waals surface area contributed by atoms with Crippen molar-refractivity contribution in [3.05, 3.63) is 16.7 Å². The zero-order chi connectivity index (χ0) is 15.1. The van der Waals surface area contributed by atoms with Crippen LogP contribution < -0.4 is 11.3 Å². The Bertz CT molecular complexity index is 703. The molecular formula is C13H19N5O3. The number of aromatic nitrogens is 4. The van der Waals surface area contributed by atoms with Gasteiger partial charge in [0.1, 0.15) is 0 Å². The van der Waals surface area contributed by atoms with Crippen LogP contribution in [0, 0.1) is 11.8 Å². The summed E-state index contributed by atoms with van der Waals surface area (Å²) in [6.45, 7) is 1.95. The summed E-state index contributed by atoms with van der Waals surface area (Å²) >= 11 is 0. The zero-order valence-corrected chi connectivity index (χ0v) is 11.7. The van der Waals surface area contributed by atoms with E-state index in [2.05, 4.69) is 15.0 Å². The molecule has 114 valence electrons. The quantitative estimate of drug-likeness (QED) is 0.609. The SMILES string of the molecule is CCC(O)C1C(CO)CC1n1cnc2c(=O)[nH]c(N)nc21. The lowest BCUT2D eigenvalue weighted by Gasteiger charge is -2.46. The van der Waals surface area contributed by atoms with Gasteiger partial charge in [0.25, 0.3) is 5.56 Å². The van der Waals surface area contributed by atoms with E-state index in [1.807, 2.05) is 6.92 Å². The Kier molecular flexibility index (Phi) is 3.42. The highest BCUT2D eigenvalue weighted by atomic mass is 16.3. The summed E-state index contributed by atoms with van der Waals surface area (Å²) in [7, 11) is 0. The molecule has 2 aromatic heterocycles. The molecule has 4 unspecified atom stereocenters. The van der Waals surface area contributed by atoms with Crippen molar-refractivity contribution in [1.82, 2.24) is 19.5 Å². The molecule has 0 spiro atoms. The van der Waals surface area contributed by atoms with E-state index < -0.39 is 6.10 Å². The number of nitrogen functional groups attached to an aromatic ring is 1. The van der Waals surface area contributed by atoms with Crippen molar-refractivity contribution in [3.8, 4) is 0 Å². The minimum Gasteiger partial charge on any atom is -0.396 e. The van der Waals surface area contributed by atoms with Gasteiger partial charge in [-0.05, 0) is 18.8 Å². The number of fused-ring (bicyclic) bond motifs is 1. The Balaban J connectivity index is 2.03. The fraction of sp³-hybridized carbons (Fsp3) is 0.615. The molecule has 8 nitrogen and oxygen atoms in total. The van der Waals surface area contributed by atoms with Gasteiger partial charge in [0, 0.05) is 18.6 Å². The Morgan fingerprint density at radius 2 is 2.38 bits per heavy atom. The van der Waals surface area contributed by atoms with Gasteiger partial charge in [-0.3, -0.25) is 9.78 Å². The molecule has 0 aromatic carbocycles. The van der Waals surface area contributed by atoms with Crippen molar-refractivity contribution in [1.29, 1.82) is 0 Å². The van der Waals surface area contributed by atoms with Crippen LogP contribution in [0.1, 0.15) is 25.8 Å². The van der Waals surface area contributed by atoms with E-state index in [1.54, 1.807) is 10.9 Å². The third-order valence-corrected chi connectivity index (χ3v) is 4.44. The number of nitrogens with one attached hydrogen (secondary N) is 1. The molecule has 21 heavy (non-hydrogen) atoms. The lowest BCUT2D eigenvalue weighted by molar-refractivity contribution is -0.0554. The molecule has 0 radical (unpaired) electrons. The van der Waals surface area contributed by atoms with Gasteiger partial charge in [-0.1, -0.05) is 6.92 Å². The number of aliphatic hydroxyl groups is 2. The number of anilines is 1. The average Bonchev–Trinajstić information content (AvgIpc) is 2.82. The third kappa shape index (κ3) is 2.11. The molecular weight excluding hydrogens is 274 g/mol. The molecule has 0 aliphatic heterocycles. The molecule has 8 heteroatoms. The van der Waals surface area contributed by atoms with E-state index in [9.17, 15) is 15.0 Å². The Labute approximate surface area is 120 Å². The molecule has 3 rings (SSSR count). The van der Waals surface area contributed by atoms with E-state index in [4.69, 9.17) is 5.73 Å². The lowest BCUT2D eigenvalue weighted by atomic mass is 9.66. The molecule has 0 saturated heterocycles. The number of nitrogens with two attached hydrogens (primary N) is 1. The van der Waals surface area contributed by atoms with Crippen LogP contribution in [0.25, 0.3) is 11.2 Å². The monoisotopic (exact) mass is 293 g/mol. The van der Waals surface area contributed by atoms with Crippen molar-refractivity contribution in [3.63, 3.8) is 0 Å². The van der Waals surface area contributed by atoms with Crippen LogP contribution in [0.5, 0.6) is 0 Å². The van der Waals surface area contributed by atoms with Gasteiger partial charge in [-0.25, -0.2) is 4.98 Å². The predicted molar refractivity (Wildman–Crippen MR) is 76.6 cm³/mol. The van der Waals surface area contributed by atoms with Crippen molar-refractivity contribution >= 4 is 17.1 Å². The third-order valence-electron chi connectivity index (χ3n) is 4.44. The number of rotatable bonds is 4. The van der Waals surface area contributed by atoms with Gasteiger partial charge in [-0.2, -0.15) is 4.98 Å². The maximum absolute atomic E-state index is 11.8. The molecule has 4 atom stereocenters. The van der Waals surface area contributed by atoms with Crippen LogP contribution in [0.4, 0.5) is 5.95 Å². The largest absolute Gasteiger partial charge is 0.396 e. The lowest BCUT2D eigenvalue weighted by Crippen LogP contribution is -2.46. The second-order valence-electron chi connectivity index (χ2n) is 5.57. The number of H-pyrrole nitrogens is 1. The highest BCUT2D eigenvalue weighted by molar-refractivity contribution is 5.70. The minimum atomic E-state index is -0.502. The van der Waals surface area contributed by atoms with Crippen LogP contribution in [0.15, 0.2) is 11.1 Å². The molecule has 0 amide bonds. The normalized spacial score (nSPS) is 26.7. The smallest absolute Gasteiger partial charge is 0.280 e. The summed E-state index contributed by atoms with van der Waals surface area (Å²) < 4.78 is 1.79. The molecule has 1 aliphatic carbocycles. The fourth-order valence-electron chi connectivity index (χ4n) is 3.27. The molecule has 2 heterocycles.